The van der Waals surface area contributed by atoms with Crippen LogP contribution in [-0.4, -0.2) is 9.97 Å². The molecule has 30 heavy (non-hydrogen) atoms. The first-order valence-corrected chi connectivity index (χ1v) is 13.6. The number of rotatable bonds is 12. The molecule has 3 rings (SSSR count). The van der Waals surface area contributed by atoms with Gasteiger partial charge in [-0.3, -0.25) is 0 Å². The molecule has 2 aliphatic carbocycles. The summed E-state index contributed by atoms with van der Waals surface area (Å²) in [6, 6.07) is 0. The third kappa shape index (κ3) is 7.65. The van der Waals surface area contributed by atoms with E-state index in [-0.39, 0.29) is 0 Å². The molecule has 0 N–H and O–H groups in total. The van der Waals surface area contributed by atoms with Crippen molar-refractivity contribution in [2.75, 3.05) is 0 Å². The Bertz CT molecular complexity index is 551. The topological polar surface area (TPSA) is 25.8 Å². The van der Waals surface area contributed by atoms with Crippen LogP contribution in [0.25, 0.3) is 0 Å². The van der Waals surface area contributed by atoms with E-state index in [9.17, 15) is 0 Å². The van der Waals surface area contributed by atoms with Gasteiger partial charge in [0, 0.05) is 18.3 Å². The SMILES string of the molecule is CCCCCCCC1CCC(c2cnc(C3CCC(CCCCC)CC3)nc2)CC1. The maximum Gasteiger partial charge on any atom is 0.131 e. The molecule has 1 heterocycles. The van der Waals surface area contributed by atoms with Crippen molar-refractivity contribution in [1.82, 2.24) is 9.97 Å². The normalized spacial score (nSPS) is 27.3. The third-order valence-electron chi connectivity index (χ3n) is 8.15. The summed E-state index contributed by atoms with van der Waals surface area (Å²) in [6.45, 7) is 4.61. The molecule has 0 radical (unpaired) electrons. The van der Waals surface area contributed by atoms with Crippen LogP contribution in [0.3, 0.4) is 0 Å². The van der Waals surface area contributed by atoms with E-state index in [1.54, 1.807) is 0 Å². The highest BCUT2D eigenvalue weighted by molar-refractivity contribution is 5.14. The number of unbranched alkanes of at least 4 members (excludes halogenated alkanes) is 6. The average Bonchev–Trinajstić information content (AvgIpc) is 2.80. The van der Waals surface area contributed by atoms with E-state index in [1.807, 2.05) is 0 Å². The molecular weight excluding hydrogens is 364 g/mol. The molecule has 2 fully saturated rings. The van der Waals surface area contributed by atoms with Crippen molar-refractivity contribution in [3.63, 3.8) is 0 Å². The van der Waals surface area contributed by atoms with Crippen LogP contribution in [0.4, 0.5) is 0 Å². The van der Waals surface area contributed by atoms with Gasteiger partial charge in [-0.1, -0.05) is 78.1 Å². The zero-order valence-corrected chi connectivity index (χ0v) is 20.1. The number of nitrogens with zero attached hydrogens (tertiary/aromatic N) is 2. The van der Waals surface area contributed by atoms with Gasteiger partial charge in [-0.25, -0.2) is 9.97 Å². The van der Waals surface area contributed by atoms with Gasteiger partial charge in [-0.05, 0) is 74.7 Å². The van der Waals surface area contributed by atoms with Crippen molar-refractivity contribution < 1.29 is 0 Å². The first-order chi connectivity index (χ1) is 14.8. The van der Waals surface area contributed by atoms with Crippen LogP contribution in [0, 0.1) is 11.8 Å². The van der Waals surface area contributed by atoms with Gasteiger partial charge in [0.2, 0.25) is 0 Å². The molecule has 170 valence electrons. The molecule has 0 aromatic carbocycles. The molecule has 2 saturated carbocycles. The Kier molecular flexibility index (Phi) is 10.7. The van der Waals surface area contributed by atoms with Crippen LogP contribution in [0.2, 0.25) is 0 Å². The predicted molar refractivity (Wildman–Crippen MR) is 129 cm³/mol. The molecule has 1 aromatic heterocycles. The molecule has 2 aliphatic rings. The van der Waals surface area contributed by atoms with Crippen molar-refractivity contribution in [1.29, 1.82) is 0 Å². The highest BCUT2D eigenvalue weighted by Crippen LogP contribution is 2.39. The maximum atomic E-state index is 4.86. The van der Waals surface area contributed by atoms with Gasteiger partial charge in [-0.15, -0.1) is 0 Å². The summed E-state index contributed by atoms with van der Waals surface area (Å²) in [6.07, 6.45) is 29.5. The molecule has 0 unspecified atom stereocenters. The van der Waals surface area contributed by atoms with Gasteiger partial charge in [0.25, 0.3) is 0 Å². The van der Waals surface area contributed by atoms with Gasteiger partial charge in [0.15, 0.2) is 0 Å². The smallest absolute Gasteiger partial charge is 0.131 e. The summed E-state index contributed by atoms with van der Waals surface area (Å²) in [5, 5.41) is 0. The maximum absolute atomic E-state index is 4.86. The van der Waals surface area contributed by atoms with E-state index < -0.39 is 0 Å². The molecule has 0 saturated heterocycles. The summed E-state index contributed by atoms with van der Waals surface area (Å²) in [5.41, 5.74) is 1.41. The summed E-state index contributed by atoms with van der Waals surface area (Å²) in [4.78, 5) is 9.73. The molecule has 0 amide bonds. The minimum atomic E-state index is 0.616. The van der Waals surface area contributed by atoms with E-state index >= 15 is 0 Å². The van der Waals surface area contributed by atoms with Crippen molar-refractivity contribution in [2.45, 2.75) is 141 Å². The summed E-state index contributed by atoms with van der Waals surface area (Å²) >= 11 is 0. The lowest BCUT2D eigenvalue weighted by Crippen LogP contribution is -2.17. The Labute approximate surface area is 187 Å². The van der Waals surface area contributed by atoms with Crippen LogP contribution < -0.4 is 0 Å². The Morgan fingerprint density at radius 1 is 0.600 bits per heavy atom. The molecular formula is C28H48N2. The standard InChI is InChI=1S/C28H48N2/c1-3-5-7-8-10-12-24-13-17-25(18-14-24)27-21-29-28(30-22-27)26-19-15-23(16-20-26)11-9-6-4-2/h21-26H,3-20H2,1-2H3. The summed E-state index contributed by atoms with van der Waals surface area (Å²) in [5.74, 6) is 4.41. The molecule has 2 nitrogen and oxygen atoms in total. The van der Waals surface area contributed by atoms with Gasteiger partial charge >= 0.3 is 0 Å². The number of aromatic nitrogens is 2. The van der Waals surface area contributed by atoms with E-state index in [0.29, 0.717) is 11.8 Å². The lowest BCUT2D eigenvalue weighted by atomic mass is 9.77. The fourth-order valence-corrected chi connectivity index (χ4v) is 5.98. The largest absolute Gasteiger partial charge is 0.241 e. The fraction of sp³-hybridized carbons (Fsp3) is 0.857. The van der Waals surface area contributed by atoms with Gasteiger partial charge < -0.3 is 0 Å². The molecule has 0 spiro atoms. The first-order valence-electron chi connectivity index (χ1n) is 13.6. The molecule has 0 bridgehead atoms. The van der Waals surface area contributed by atoms with E-state index in [2.05, 4.69) is 26.2 Å². The van der Waals surface area contributed by atoms with Crippen LogP contribution in [0.5, 0.6) is 0 Å². The fourth-order valence-electron chi connectivity index (χ4n) is 5.98. The highest BCUT2D eigenvalue weighted by Gasteiger charge is 2.25. The second-order valence-electron chi connectivity index (χ2n) is 10.5. The van der Waals surface area contributed by atoms with E-state index in [1.165, 1.54) is 121 Å². The quantitative estimate of drug-likeness (QED) is 0.320. The van der Waals surface area contributed by atoms with Crippen molar-refractivity contribution >= 4 is 0 Å². The second-order valence-corrected chi connectivity index (χ2v) is 10.5. The van der Waals surface area contributed by atoms with Crippen LogP contribution in [-0.2, 0) is 0 Å². The lowest BCUT2D eigenvalue weighted by molar-refractivity contribution is 0.295. The van der Waals surface area contributed by atoms with Crippen LogP contribution in [0.1, 0.15) is 153 Å². The van der Waals surface area contributed by atoms with Crippen molar-refractivity contribution in [2.24, 2.45) is 11.8 Å². The van der Waals surface area contributed by atoms with Crippen LogP contribution >= 0.6 is 0 Å². The Morgan fingerprint density at radius 2 is 1.07 bits per heavy atom. The second kappa shape index (κ2) is 13.5. The van der Waals surface area contributed by atoms with E-state index in [0.717, 1.165) is 17.7 Å². The summed E-state index contributed by atoms with van der Waals surface area (Å²) in [7, 11) is 0. The Morgan fingerprint density at radius 3 is 1.63 bits per heavy atom. The highest BCUT2D eigenvalue weighted by atomic mass is 14.9. The number of hydrogen-bond donors (Lipinski definition) is 0. The zero-order valence-electron chi connectivity index (χ0n) is 20.1. The van der Waals surface area contributed by atoms with Gasteiger partial charge in [0.1, 0.15) is 5.82 Å². The summed E-state index contributed by atoms with van der Waals surface area (Å²) < 4.78 is 0. The first kappa shape index (κ1) is 23.7. The Balaban J connectivity index is 1.36. The van der Waals surface area contributed by atoms with Crippen molar-refractivity contribution in [3.8, 4) is 0 Å². The van der Waals surface area contributed by atoms with Crippen LogP contribution in [0.15, 0.2) is 12.4 Å². The monoisotopic (exact) mass is 412 g/mol. The minimum Gasteiger partial charge on any atom is -0.241 e. The molecule has 1 aromatic rings. The lowest BCUT2D eigenvalue weighted by Gasteiger charge is -2.29. The van der Waals surface area contributed by atoms with E-state index in [4.69, 9.17) is 9.97 Å². The van der Waals surface area contributed by atoms with Gasteiger partial charge in [0.05, 0.1) is 0 Å². The Hall–Kier alpha value is -0.920. The molecule has 2 heteroatoms. The molecule has 0 aliphatic heterocycles. The minimum absolute atomic E-state index is 0.616. The number of hydrogen-bond acceptors (Lipinski definition) is 2. The van der Waals surface area contributed by atoms with Gasteiger partial charge in [-0.2, -0.15) is 0 Å². The zero-order chi connectivity index (χ0) is 21.0. The molecule has 0 atom stereocenters. The average molecular weight is 413 g/mol. The van der Waals surface area contributed by atoms with Crippen molar-refractivity contribution in [3.05, 3.63) is 23.8 Å². The predicted octanol–water partition coefficient (Wildman–Crippen LogP) is 8.97. The third-order valence-corrected chi connectivity index (χ3v) is 8.15.